The summed E-state index contributed by atoms with van der Waals surface area (Å²) in [5, 5.41) is 32.5. The molecule has 1 aromatic rings. The standard InChI is InChI=1S/C23H36O7Si/c1-23(2,3)31(5,6)28-13-17-19(25)21(20(26)22(27-4)30-17)29-16-12-11-14-9-7-8-10-15(14)18(16)24/h7-12,16-22,24-26H,13H2,1-6H3/t16-,17+,18-,19+,20-,21-,22-/m0/s1. The third-order valence-electron chi connectivity index (χ3n) is 6.69. The SMILES string of the molecule is CO[C@H]1O[C@H](CO[Si](C)(C)C(C)(C)C)[C@@H](O)[C@H](O[C@H]2C=Cc3ccccc3[C@@H]2O)[C@@H]1O. The van der Waals surface area contributed by atoms with Gasteiger partial charge in [0.05, 0.1) is 6.61 Å². The highest BCUT2D eigenvalue weighted by atomic mass is 28.4. The first kappa shape index (κ1) is 24.5. The van der Waals surface area contributed by atoms with Gasteiger partial charge in [-0.05, 0) is 29.3 Å². The Bertz CT molecular complexity index is 775. The number of aliphatic hydroxyl groups is 3. The third-order valence-corrected chi connectivity index (χ3v) is 11.2. The van der Waals surface area contributed by atoms with Crippen molar-refractivity contribution in [2.24, 2.45) is 0 Å². The van der Waals surface area contributed by atoms with Crippen LogP contribution >= 0.6 is 0 Å². The van der Waals surface area contributed by atoms with Gasteiger partial charge in [0.1, 0.15) is 36.6 Å². The molecule has 0 radical (unpaired) electrons. The first-order chi connectivity index (χ1) is 14.5. The van der Waals surface area contributed by atoms with E-state index in [1.54, 1.807) is 6.08 Å². The molecule has 31 heavy (non-hydrogen) atoms. The van der Waals surface area contributed by atoms with Crippen LogP contribution in [-0.2, 0) is 18.6 Å². The molecule has 0 spiro atoms. The van der Waals surface area contributed by atoms with Gasteiger partial charge in [0.25, 0.3) is 0 Å². The summed E-state index contributed by atoms with van der Waals surface area (Å²) in [6.45, 7) is 10.8. The number of benzene rings is 1. The fourth-order valence-electron chi connectivity index (χ4n) is 3.62. The van der Waals surface area contributed by atoms with Crippen LogP contribution < -0.4 is 0 Å². The van der Waals surface area contributed by atoms with Crippen molar-refractivity contribution in [3.8, 4) is 0 Å². The maximum absolute atomic E-state index is 11.0. The van der Waals surface area contributed by atoms with Crippen molar-refractivity contribution >= 4 is 14.4 Å². The van der Waals surface area contributed by atoms with Crippen LogP contribution in [0.25, 0.3) is 6.08 Å². The zero-order chi connectivity index (χ0) is 23.0. The van der Waals surface area contributed by atoms with Crippen LogP contribution in [0.5, 0.6) is 0 Å². The summed E-state index contributed by atoms with van der Waals surface area (Å²) < 4.78 is 23.4. The van der Waals surface area contributed by atoms with E-state index in [0.717, 1.165) is 11.1 Å². The highest BCUT2D eigenvalue weighted by Crippen LogP contribution is 2.38. The molecule has 0 unspecified atom stereocenters. The second-order valence-electron chi connectivity index (χ2n) is 9.83. The molecular weight excluding hydrogens is 416 g/mol. The summed E-state index contributed by atoms with van der Waals surface area (Å²) in [7, 11) is -0.639. The van der Waals surface area contributed by atoms with E-state index in [1.165, 1.54) is 7.11 Å². The Morgan fingerprint density at radius 3 is 2.39 bits per heavy atom. The Morgan fingerprint density at radius 2 is 1.74 bits per heavy atom. The molecule has 1 saturated heterocycles. The number of methoxy groups -OCH3 is 1. The van der Waals surface area contributed by atoms with Gasteiger partial charge in [-0.2, -0.15) is 0 Å². The van der Waals surface area contributed by atoms with Gasteiger partial charge in [0.15, 0.2) is 14.6 Å². The zero-order valence-corrected chi connectivity index (χ0v) is 20.2. The molecule has 1 aromatic carbocycles. The van der Waals surface area contributed by atoms with Crippen molar-refractivity contribution in [1.29, 1.82) is 0 Å². The van der Waals surface area contributed by atoms with Gasteiger partial charge in [0.2, 0.25) is 0 Å². The Labute approximate surface area is 185 Å². The lowest BCUT2D eigenvalue weighted by atomic mass is 9.92. The molecule has 1 heterocycles. The van der Waals surface area contributed by atoms with Gasteiger partial charge in [-0.15, -0.1) is 0 Å². The number of rotatable bonds is 6. The highest BCUT2D eigenvalue weighted by molar-refractivity contribution is 6.74. The maximum atomic E-state index is 11.0. The number of fused-ring (bicyclic) bond motifs is 1. The lowest BCUT2D eigenvalue weighted by molar-refractivity contribution is -0.307. The van der Waals surface area contributed by atoms with Crippen molar-refractivity contribution < 1.29 is 34.0 Å². The molecule has 8 heteroatoms. The van der Waals surface area contributed by atoms with E-state index < -0.39 is 51.2 Å². The molecule has 1 fully saturated rings. The summed E-state index contributed by atoms with van der Waals surface area (Å²) in [6.07, 6.45) is -3.11. The van der Waals surface area contributed by atoms with E-state index >= 15 is 0 Å². The van der Waals surface area contributed by atoms with Crippen LogP contribution in [0.3, 0.4) is 0 Å². The van der Waals surface area contributed by atoms with Gasteiger partial charge in [-0.3, -0.25) is 0 Å². The van der Waals surface area contributed by atoms with Crippen molar-refractivity contribution in [1.82, 2.24) is 0 Å². The van der Waals surface area contributed by atoms with Crippen LogP contribution in [0.15, 0.2) is 30.3 Å². The third kappa shape index (κ3) is 5.12. The van der Waals surface area contributed by atoms with Gasteiger partial charge in [-0.25, -0.2) is 0 Å². The molecule has 0 aromatic heterocycles. The van der Waals surface area contributed by atoms with Crippen molar-refractivity contribution in [3.63, 3.8) is 0 Å². The van der Waals surface area contributed by atoms with Crippen LogP contribution in [0.1, 0.15) is 38.0 Å². The average Bonchev–Trinajstić information content (AvgIpc) is 2.71. The first-order valence-corrected chi connectivity index (χ1v) is 13.7. The van der Waals surface area contributed by atoms with Gasteiger partial charge in [-0.1, -0.05) is 57.2 Å². The van der Waals surface area contributed by atoms with Crippen LogP contribution in [0, 0.1) is 0 Å². The molecular formula is C23H36O7Si. The molecule has 3 rings (SSSR count). The first-order valence-electron chi connectivity index (χ1n) is 10.8. The lowest BCUT2D eigenvalue weighted by Crippen LogP contribution is -2.61. The molecule has 3 N–H and O–H groups in total. The largest absolute Gasteiger partial charge is 0.414 e. The molecule has 7 nitrogen and oxygen atoms in total. The predicted octanol–water partition coefficient (Wildman–Crippen LogP) is 2.62. The van der Waals surface area contributed by atoms with Crippen LogP contribution in [0.2, 0.25) is 18.1 Å². The number of hydrogen-bond acceptors (Lipinski definition) is 7. The van der Waals surface area contributed by atoms with Crippen molar-refractivity contribution in [2.75, 3.05) is 13.7 Å². The van der Waals surface area contributed by atoms with Gasteiger partial charge in [0, 0.05) is 7.11 Å². The second kappa shape index (κ2) is 9.41. The molecule has 2 aliphatic rings. The van der Waals surface area contributed by atoms with E-state index in [1.807, 2.05) is 30.3 Å². The average molecular weight is 453 g/mol. The van der Waals surface area contributed by atoms with E-state index in [2.05, 4.69) is 33.9 Å². The van der Waals surface area contributed by atoms with Gasteiger partial charge < -0.3 is 34.0 Å². The van der Waals surface area contributed by atoms with E-state index in [9.17, 15) is 15.3 Å². The summed E-state index contributed by atoms with van der Waals surface area (Å²) in [5.41, 5.74) is 1.66. The normalized spacial score (nSPS) is 33.9. The van der Waals surface area contributed by atoms with E-state index in [-0.39, 0.29) is 11.6 Å². The monoisotopic (exact) mass is 452 g/mol. The Morgan fingerprint density at radius 1 is 1.06 bits per heavy atom. The smallest absolute Gasteiger partial charge is 0.192 e. The summed E-state index contributed by atoms with van der Waals surface area (Å²) in [4.78, 5) is 0. The summed E-state index contributed by atoms with van der Waals surface area (Å²) in [5.74, 6) is 0. The molecule has 174 valence electrons. The van der Waals surface area contributed by atoms with Crippen molar-refractivity contribution in [3.05, 3.63) is 41.5 Å². The topological polar surface area (TPSA) is 97.6 Å². The summed E-state index contributed by atoms with van der Waals surface area (Å²) in [6, 6.07) is 7.51. The molecule has 7 atom stereocenters. The molecule has 1 aliphatic carbocycles. The molecule has 1 aliphatic heterocycles. The maximum Gasteiger partial charge on any atom is 0.192 e. The fraction of sp³-hybridized carbons (Fsp3) is 0.652. The lowest BCUT2D eigenvalue weighted by Gasteiger charge is -2.45. The molecule has 0 amide bonds. The van der Waals surface area contributed by atoms with E-state index in [0.29, 0.717) is 0 Å². The number of ether oxygens (including phenoxy) is 3. The van der Waals surface area contributed by atoms with E-state index in [4.69, 9.17) is 18.6 Å². The Hall–Kier alpha value is -1.10. The minimum absolute atomic E-state index is 0.00703. The molecule has 0 saturated carbocycles. The predicted molar refractivity (Wildman–Crippen MR) is 120 cm³/mol. The Kier molecular flexibility index (Phi) is 7.45. The second-order valence-corrected chi connectivity index (χ2v) is 14.6. The minimum atomic E-state index is -2.07. The minimum Gasteiger partial charge on any atom is -0.414 e. The number of hydrogen-bond donors (Lipinski definition) is 3. The van der Waals surface area contributed by atoms with Crippen molar-refractivity contribution in [2.45, 2.75) is 81.8 Å². The molecule has 0 bridgehead atoms. The van der Waals surface area contributed by atoms with Crippen LogP contribution in [0.4, 0.5) is 0 Å². The quantitative estimate of drug-likeness (QED) is 0.571. The fourth-order valence-corrected chi connectivity index (χ4v) is 4.63. The Balaban J connectivity index is 1.74. The van der Waals surface area contributed by atoms with Crippen LogP contribution in [-0.4, -0.2) is 74.2 Å². The highest BCUT2D eigenvalue weighted by Gasteiger charge is 2.48. The summed E-state index contributed by atoms with van der Waals surface area (Å²) >= 11 is 0. The number of aliphatic hydroxyl groups excluding tert-OH is 3. The zero-order valence-electron chi connectivity index (χ0n) is 19.2. The van der Waals surface area contributed by atoms with Gasteiger partial charge >= 0.3 is 0 Å².